The number of carbonyl (C=O) groups is 2. The second kappa shape index (κ2) is 4.20. The van der Waals surface area contributed by atoms with Crippen molar-refractivity contribution >= 4 is 11.8 Å². The van der Waals surface area contributed by atoms with Gasteiger partial charge in [-0.15, -0.1) is 0 Å². The maximum atomic E-state index is 11.7. The summed E-state index contributed by atoms with van der Waals surface area (Å²) in [6, 6.07) is 7.55. The summed E-state index contributed by atoms with van der Waals surface area (Å²) in [5.74, 6) is 0.349. The highest BCUT2D eigenvalue weighted by molar-refractivity contribution is 6.05. The van der Waals surface area contributed by atoms with Crippen LogP contribution >= 0.6 is 0 Å². The van der Waals surface area contributed by atoms with Crippen LogP contribution in [-0.2, 0) is 16.0 Å². The molecule has 1 saturated heterocycles. The second-order valence-electron chi connectivity index (χ2n) is 4.60. The molecule has 4 nitrogen and oxygen atoms in total. The average Bonchev–Trinajstić information content (AvgIpc) is 2.53. The lowest BCUT2D eigenvalue weighted by Crippen LogP contribution is -2.30. The maximum absolute atomic E-state index is 11.7. The Morgan fingerprint density at radius 1 is 1.35 bits per heavy atom. The highest BCUT2D eigenvalue weighted by Gasteiger charge is 2.42. The molecule has 1 aromatic rings. The molecule has 90 valence electrons. The van der Waals surface area contributed by atoms with Crippen molar-refractivity contribution in [2.45, 2.75) is 19.8 Å². The van der Waals surface area contributed by atoms with E-state index in [1.165, 1.54) is 0 Å². The Kier molecular flexibility index (Phi) is 2.88. The highest BCUT2D eigenvalue weighted by atomic mass is 16.5. The monoisotopic (exact) mass is 233 g/mol. The second-order valence-corrected chi connectivity index (χ2v) is 4.60. The molecule has 2 rings (SSSR count). The first-order valence-electron chi connectivity index (χ1n) is 5.51. The van der Waals surface area contributed by atoms with Crippen molar-refractivity contribution in [3.05, 3.63) is 29.8 Å². The molecule has 0 aliphatic carbocycles. The van der Waals surface area contributed by atoms with Gasteiger partial charge in [-0.3, -0.25) is 14.9 Å². The summed E-state index contributed by atoms with van der Waals surface area (Å²) >= 11 is 0. The molecule has 0 bridgehead atoms. The highest BCUT2D eigenvalue weighted by Crippen LogP contribution is 2.33. The summed E-state index contributed by atoms with van der Waals surface area (Å²) < 4.78 is 5.25. The molecule has 0 saturated carbocycles. The van der Waals surface area contributed by atoms with Crippen LogP contribution in [0.25, 0.3) is 0 Å². The van der Waals surface area contributed by atoms with Gasteiger partial charge in [0.25, 0.3) is 0 Å². The molecule has 4 heteroatoms. The van der Waals surface area contributed by atoms with Gasteiger partial charge in [0.05, 0.1) is 12.5 Å². The lowest BCUT2D eigenvalue weighted by molar-refractivity contribution is -0.128. The average molecular weight is 233 g/mol. The lowest BCUT2D eigenvalue weighted by atomic mass is 9.82. The first kappa shape index (κ1) is 11.6. The van der Waals surface area contributed by atoms with Crippen molar-refractivity contribution in [3.8, 4) is 5.75 Å². The minimum absolute atomic E-state index is 0.201. The largest absolute Gasteiger partial charge is 0.496 e. The van der Waals surface area contributed by atoms with Gasteiger partial charge < -0.3 is 4.74 Å². The Hall–Kier alpha value is -1.84. The van der Waals surface area contributed by atoms with Crippen molar-refractivity contribution in [1.82, 2.24) is 5.32 Å². The molecule has 1 aromatic carbocycles. The van der Waals surface area contributed by atoms with E-state index in [1.807, 2.05) is 24.3 Å². The van der Waals surface area contributed by atoms with Crippen molar-refractivity contribution in [3.63, 3.8) is 0 Å². The SMILES string of the molecule is COc1ccccc1CC1(C)CC(=O)NC1=O. The number of amides is 2. The van der Waals surface area contributed by atoms with E-state index in [1.54, 1.807) is 14.0 Å². The molecule has 1 N–H and O–H groups in total. The Morgan fingerprint density at radius 2 is 2.06 bits per heavy atom. The van der Waals surface area contributed by atoms with Gasteiger partial charge in [0, 0.05) is 6.42 Å². The van der Waals surface area contributed by atoms with E-state index in [4.69, 9.17) is 4.74 Å². The van der Waals surface area contributed by atoms with Crippen molar-refractivity contribution in [1.29, 1.82) is 0 Å². The molecular weight excluding hydrogens is 218 g/mol. The van der Waals surface area contributed by atoms with Gasteiger partial charge in [0.1, 0.15) is 5.75 Å². The van der Waals surface area contributed by atoms with Gasteiger partial charge in [-0.05, 0) is 25.0 Å². The van der Waals surface area contributed by atoms with Crippen LogP contribution in [0, 0.1) is 5.41 Å². The van der Waals surface area contributed by atoms with E-state index < -0.39 is 5.41 Å². The molecule has 1 aliphatic heterocycles. The standard InChI is InChI=1S/C13H15NO3/c1-13(8-11(15)14-12(13)16)7-9-5-3-4-6-10(9)17-2/h3-6H,7-8H2,1-2H3,(H,14,15,16). The van der Waals surface area contributed by atoms with Gasteiger partial charge in [0.15, 0.2) is 0 Å². The third-order valence-corrected chi connectivity index (χ3v) is 3.12. The van der Waals surface area contributed by atoms with Crippen molar-refractivity contribution in [2.75, 3.05) is 7.11 Å². The predicted molar refractivity (Wildman–Crippen MR) is 62.6 cm³/mol. The molecule has 0 aromatic heterocycles. The summed E-state index contributed by atoms with van der Waals surface area (Å²) in [7, 11) is 1.60. The molecule has 2 amide bonds. The predicted octanol–water partition coefficient (Wildman–Crippen LogP) is 1.29. The number of methoxy groups -OCH3 is 1. The topological polar surface area (TPSA) is 55.4 Å². The fourth-order valence-corrected chi connectivity index (χ4v) is 2.17. The zero-order valence-corrected chi connectivity index (χ0v) is 9.95. The lowest BCUT2D eigenvalue weighted by Gasteiger charge is -2.20. The minimum Gasteiger partial charge on any atom is -0.496 e. The van der Waals surface area contributed by atoms with Crippen LogP contribution in [0.4, 0.5) is 0 Å². The van der Waals surface area contributed by atoms with Crippen LogP contribution in [0.1, 0.15) is 18.9 Å². The zero-order valence-electron chi connectivity index (χ0n) is 9.95. The van der Waals surface area contributed by atoms with Gasteiger partial charge in [-0.25, -0.2) is 0 Å². The Morgan fingerprint density at radius 3 is 2.65 bits per heavy atom. The minimum atomic E-state index is -0.661. The summed E-state index contributed by atoms with van der Waals surface area (Å²) in [5.41, 5.74) is 0.286. The first-order chi connectivity index (χ1) is 8.05. The van der Waals surface area contributed by atoms with E-state index in [0.29, 0.717) is 6.42 Å². The number of hydrogen-bond donors (Lipinski definition) is 1. The Balaban J connectivity index is 2.26. The maximum Gasteiger partial charge on any atom is 0.233 e. The smallest absolute Gasteiger partial charge is 0.233 e. The van der Waals surface area contributed by atoms with E-state index in [0.717, 1.165) is 11.3 Å². The molecule has 1 heterocycles. The number of ether oxygens (including phenoxy) is 1. The number of carbonyl (C=O) groups excluding carboxylic acids is 2. The first-order valence-corrected chi connectivity index (χ1v) is 5.51. The third kappa shape index (κ3) is 2.16. The van der Waals surface area contributed by atoms with Crippen molar-refractivity contribution < 1.29 is 14.3 Å². The molecule has 0 spiro atoms. The normalized spacial score (nSPS) is 23.6. The summed E-state index contributed by atoms with van der Waals surface area (Å²) in [5, 5.41) is 2.35. The van der Waals surface area contributed by atoms with Crippen LogP contribution < -0.4 is 10.1 Å². The van der Waals surface area contributed by atoms with Gasteiger partial charge >= 0.3 is 0 Å². The van der Waals surface area contributed by atoms with Crippen molar-refractivity contribution in [2.24, 2.45) is 5.41 Å². The molecule has 1 unspecified atom stereocenters. The Labute approximate surface area is 100.0 Å². The van der Waals surface area contributed by atoms with E-state index >= 15 is 0 Å². The number of benzene rings is 1. The molecule has 0 radical (unpaired) electrons. The molecule has 1 atom stereocenters. The van der Waals surface area contributed by atoms with Crippen LogP contribution in [0.3, 0.4) is 0 Å². The van der Waals surface area contributed by atoms with Crippen LogP contribution in [-0.4, -0.2) is 18.9 Å². The van der Waals surface area contributed by atoms with Gasteiger partial charge in [-0.2, -0.15) is 0 Å². The summed E-state index contributed by atoms with van der Waals surface area (Å²) in [6.45, 7) is 1.81. The van der Waals surface area contributed by atoms with Gasteiger partial charge in [-0.1, -0.05) is 18.2 Å². The number of nitrogens with one attached hydrogen (secondary N) is 1. The van der Waals surface area contributed by atoms with Crippen LogP contribution in [0.15, 0.2) is 24.3 Å². The fourth-order valence-electron chi connectivity index (χ4n) is 2.17. The third-order valence-electron chi connectivity index (χ3n) is 3.12. The summed E-state index contributed by atoms with van der Waals surface area (Å²) in [4.78, 5) is 23.0. The quantitative estimate of drug-likeness (QED) is 0.800. The number of imide groups is 1. The van der Waals surface area contributed by atoms with E-state index in [2.05, 4.69) is 5.32 Å². The van der Waals surface area contributed by atoms with E-state index in [9.17, 15) is 9.59 Å². The number of hydrogen-bond acceptors (Lipinski definition) is 3. The van der Waals surface area contributed by atoms with E-state index in [-0.39, 0.29) is 18.2 Å². The number of para-hydroxylation sites is 1. The molecule has 1 fully saturated rings. The fraction of sp³-hybridized carbons (Fsp3) is 0.385. The van der Waals surface area contributed by atoms with Crippen LogP contribution in [0.2, 0.25) is 0 Å². The molecular formula is C13H15NO3. The van der Waals surface area contributed by atoms with Gasteiger partial charge in [0.2, 0.25) is 11.8 Å². The zero-order chi connectivity index (χ0) is 12.5. The number of rotatable bonds is 3. The molecule has 1 aliphatic rings. The Bertz CT molecular complexity index is 469. The summed E-state index contributed by atoms with van der Waals surface area (Å²) in [6.07, 6.45) is 0.748. The molecule has 17 heavy (non-hydrogen) atoms. The van der Waals surface area contributed by atoms with Crippen LogP contribution in [0.5, 0.6) is 5.75 Å².